The maximum absolute atomic E-state index is 11.7. The van der Waals surface area contributed by atoms with Gasteiger partial charge in [0, 0.05) is 18.7 Å². The summed E-state index contributed by atoms with van der Waals surface area (Å²) in [6, 6.07) is 15.0. The summed E-state index contributed by atoms with van der Waals surface area (Å²) in [6.07, 6.45) is 2.57. The van der Waals surface area contributed by atoms with Gasteiger partial charge in [-0.25, -0.2) is 22.7 Å². The van der Waals surface area contributed by atoms with Gasteiger partial charge >= 0.3 is 0 Å². The number of alkyl halides is 1. The Morgan fingerprint density at radius 2 is 1.81 bits per heavy atom. The number of rotatable bonds is 10. The van der Waals surface area contributed by atoms with Crippen molar-refractivity contribution in [3.8, 4) is 17.6 Å². The van der Waals surface area contributed by atoms with E-state index in [4.69, 9.17) is 32.7 Å². The maximum atomic E-state index is 11.7. The molecule has 1 aromatic heterocycles. The van der Waals surface area contributed by atoms with Crippen molar-refractivity contribution in [3.63, 3.8) is 0 Å². The number of nitriles is 1. The van der Waals surface area contributed by atoms with Crippen molar-refractivity contribution in [2.24, 2.45) is 0 Å². The lowest BCUT2D eigenvalue weighted by atomic mass is 9.77. The summed E-state index contributed by atoms with van der Waals surface area (Å²) in [5.41, 5.74) is 2.27. The van der Waals surface area contributed by atoms with Gasteiger partial charge in [-0.15, -0.1) is 11.6 Å². The summed E-state index contributed by atoms with van der Waals surface area (Å²) in [6.45, 7) is 4.47. The predicted molar refractivity (Wildman–Crippen MR) is 141 cm³/mol. The van der Waals surface area contributed by atoms with Crippen LogP contribution in [-0.2, 0) is 22.0 Å². The summed E-state index contributed by atoms with van der Waals surface area (Å²) < 4.78 is 35.9. The largest absolute Gasteiger partial charge is 0.489 e. The molecule has 11 heteroatoms. The summed E-state index contributed by atoms with van der Waals surface area (Å²) in [5.74, 6) is 1.31. The first-order valence-corrected chi connectivity index (χ1v) is 13.7. The van der Waals surface area contributed by atoms with Crippen LogP contribution in [0.3, 0.4) is 0 Å². The number of nitrogens with zero attached hydrogens (tertiary/aromatic N) is 4. The molecular formula is C25H26Cl2N4O4S. The Morgan fingerprint density at radius 1 is 1.11 bits per heavy atom. The second kappa shape index (κ2) is 11.3. The normalized spacial score (nSPS) is 11.6. The van der Waals surface area contributed by atoms with Gasteiger partial charge in [-0.3, -0.25) is 0 Å². The third-order valence-electron chi connectivity index (χ3n) is 5.65. The topological polar surface area (TPSA) is 105 Å². The quantitative estimate of drug-likeness (QED) is 0.331. The van der Waals surface area contributed by atoms with Crippen molar-refractivity contribution in [2.75, 3.05) is 30.1 Å². The first kappa shape index (κ1) is 27.5. The molecule has 8 nitrogen and oxygen atoms in total. The number of sulfonamides is 1. The lowest BCUT2D eigenvalue weighted by molar-refractivity contribution is 0.301. The van der Waals surface area contributed by atoms with Crippen LogP contribution >= 0.6 is 23.2 Å². The molecule has 0 bridgehead atoms. The third kappa shape index (κ3) is 6.38. The Balaban J connectivity index is 1.76. The highest BCUT2D eigenvalue weighted by atomic mass is 35.5. The van der Waals surface area contributed by atoms with Gasteiger partial charge in [0.25, 0.3) is 0 Å². The molecule has 0 spiro atoms. The maximum Gasteiger partial charge on any atom is 0.239 e. The number of anilines is 1. The van der Waals surface area contributed by atoms with Crippen LogP contribution in [0.15, 0.2) is 48.7 Å². The molecule has 0 aliphatic carbocycles. The molecule has 0 radical (unpaired) electrons. The molecule has 0 amide bonds. The van der Waals surface area contributed by atoms with Crippen LogP contribution in [0.25, 0.3) is 0 Å². The Morgan fingerprint density at radius 3 is 2.42 bits per heavy atom. The number of benzene rings is 2. The molecule has 0 saturated heterocycles. The molecule has 0 unspecified atom stereocenters. The van der Waals surface area contributed by atoms with Crippen molar-refractivity contribution in [1.29, 1.82) is 5.26 Å². The monoisotopic (exact) mass is 548 g/mol. The Hall–Kier alpha value is -3.06. The summed E-state index contributed by atoms with van der Waals surface area (Å²) in [5, 5.41) is 9.95. The van der Waals surface area contributed by atoms with Gasteiger partial charge in [0.15, 0.2) is 5.75 Å². The summed E-state index contributed by atoms with van der Waals surface area (Å²) in [7, 11) is -2.07. The van der Waals surface area contributed by atoms with Crippen LogP contribution in [-0.4, -0.2) is 44.2 Å². The van der Waals surface area contributed by atoms with E-state index in [0.717, 1.165) is 21.7 Å². The van der Waals surface area contributed by atoms with Crippen LogP contribution in [0, 0.1) is 11.3 Å². The molecule has 2 aromatic carbocycles. The van der Waals surface area contributed by atoms with E-state index in [0.29, 0.717) is 33.7 Å². The van der Waals surface area contributed by atoms with Gasteiger partial charge in [-0.05, 0) is 41.5 Å². The van der Waals surface area contributed by atoms with E-state index in [9.17, 15) is 13.7 Å². The number of hydrogen-bond acceptors (Lipinski definition) is 7. The average molecular weight is 549 g/mol. The SMILES string of the molecule is CN(c1nccc(COc2ccc(C(C)(C)c3cc(Cl)c(OCCCl)c(C#N)c3)cc2)n1)S(C)(=O)=O. The summed E-state index contributed by atoms with van der Waals surface area (Å²) in [4.78, 5) is 8.26. The van der Waals surface area contributed by atoms with E-state index in [-0.39, 0.29) is 19.2 Å². The highest BCUT2D eigenvalue weighted by Crippen LogP contribution is 2.38. The molecule has 0 aliphatic heterocycles. The van der Waals surface area contributed by atoms with Crippen molar-refractivity contribution in [3.05, 3.63) is 76.1 Å². The van der Waals surface area contributed by atoms with Gasteiger partial charge < -0.3 is 9.47 Å². The number of ether oxygens (including phenoxy) is 2. The van der Waals surface area contributed by atoms with Crippen LogP contribution < -0.4 is 13.8 Å². The molecule has 0 saturated carbocycles. The minimum atomic E-state index is -3.47. The molecule has 0 fully saturated rings. The van der Waals surface area contributed by atoms with Crippen LogP contribution in [0.4, 0.5) is 5.95 Å². The van der Waals surface area contributed by atoms with Crippen molar-refractivity contribution in [1.82, 2.24) is 9.97 Å². The molecule has 190 valence electrons. The van der Waals surface area contributed by atoms with E-state index in [1.54, 1.807) is 18.2 Å². The van der Waals surface area contributed by atoms with E-state index < -0.39 is 15.4 Å². The van der Waals surface area contributed by atoms with Gasteiger partial charge in [0.1, 0.15) is 25.0 Å². The zero-order valence-corrected chi connectivity index (χ0v) is 22.7. The molecule has 36 heavy (non-hydrogen) atoms. The first-order valence-electron chi connectivity index (χ1n) is 10.9. The first-order chi connectivity index (χ1) is 17.0. The Labute approximate surface area is 221 Å². The average Bonchev–Trinajstić information content (AvgIpc) is 2.85. The van der Waals surface area contributed by atoms with Crippen LogP contribution in [0.2, 0.25) is 5.02 Å². The van der Waals surface area contributed by atoms with Crippen molar-refractivity contribution >= 4 is 39.2 Å². The van der Waals surface area contributed by atoms with E-state index in [1.807, 2.05) is 38.1 Å². The molecule has 1 heterocycles. The molecule has 0 atom stereocenters. The number of halogens is 2. The minimum Gasteiger partial charge on any atom is -0.489 e. The molecular weight excluding hydrogens is 523 g/mol. The second-order valence-corrected chi connectivity index (χ2v) is 11.3. The number of aromatic nitrogens is 2. The zero-order chi connectivity index (χ0) is 26.5. The van der Waals surface area contributed by atoms with E-state index in [1.165, 1.54) is 13.2 Å². The van der Waals surface area contributed by atoms with Crippen molar-refractivity contribution < 1.29 is 17.9 Å². The van der Waals surface area contributed by atoms with Gasteiger partial charge in [-0.1, -0.05) is 37.6 Å². The van der Waals surface area contributed by atoms with Crippen LogP contribution in [0.1, 0.15) is 36.2 Å². The minimum absolute atomic E-state index is 0.0742. The Bertz CT molecular complexity index is 1370. The van der Waals surface area contributed by atoms with Crippen LogP contribution in [0.5, 0.6) is 11.5 Å². The molecule has 3 rings (SSSR count). The molecule has 0 aliphatic rings. The fourth-order valence-electron chi connectivity index (χ4n) is 3.38. The van der Waals surface area contributed by atoms with Gasteiger partial charge in [0.05, 0.1) is 28.4 Å². The smallest absolute Gasteiger partial charge is 0.239 e. The highest BCUT2D eigenvalue weighted by Gasteiger charge is 2.26. The number of hydrogen-bond donors (Lipinski definition) is 0. The fourth-order valence-corrected chi connectivity index (χ4v) is 4.12. The summed E-state index contributed by atoms with van der Waals surface area (Å²) >= 11 is 12.1. The Kier molecular flexibility index (Phi) is 8.67. The molecule has 0 N–H and O–H groups in total. The third-order valence-corrected chi connectivity index (χ3v) is 7.24. The lowest BCUT2D eigenvalue weighted by Gasteiger charge is -2.27. The fraction of sp³-hybridized carbons (Fsp3) is 0.320. The van der Waals surface area contributed by atoms with Gasteiger partial charge in [-0.2, -0.15) is 5.26 Å². The van der Waals surface area contributed by atoms with E-state index in [2.05, 4.69) is 16.0 Å². The lowest BCUT2D eigenvalue weighted by Crippen LogP contribution is -2.27. The highest BCUT2D eigenvalue weighted by molar-refractivity contribution is 7.92. The predicted octanol–water partition coefficient (Wildman–Crippen LogP) is 4.92. The van der Waals surface area contributed by atoms with E-state index >= 15 is 0 Å². The zero-order valence-electron chi connectivity index (χ0n) is 20.3. The van der Waals surface area contributed by atoms with Crippen molar-refractivity contribution in [2.45, 2.75) is 25.9 Å². The molecule has 3 aromatic rings. The van der Waals surface area contributed by atoms with Gasteiger partial charge in [0.2, 0.25) is 16.0 Å². The second-order valence-electron chi connectivity index (χ2n) is 8.50. The standard InChI is InChI=1S/C25H26Cl2N4O4S/c1-25(2,19-13-17(15-28)23(22(27)14-19)34-12-10-26)18-5-7-21(8-6-18)35-16-20-9-11-29-24(30-20)31(3)36(4,32)33/h5-9,11,13-14H,10,12,16H2,1-4H3.